The Hall–Kier alpha value is 0.0700. The highest BCUT2D eigenvalue weighted by molar-refractivity contribution is 7.99. The van der Waals surface area contributed by atoms with Crippen LogP contribution < -0.4 is 0 Å². The van der Waals surface area contributed by atoms with E-state index in [9.17, 15) is 4.79 Å². The lowest BCUT2D eigenvalue weighted by Gasteiger charge is -2.40. The minimum absolute atomic E-state index is 0.221. The maximum Gasteiger partial charge on any atom is 0.223 e. The van der Waals surface area contributed by atoms with E-state index in [1.54, 1.807) is 0 Å². The molecule has 0 bridgehead atoms. The Labute approximate surface area is 113 Å². The van der Waals surface area contributed by atoms with Crippen LogP contribution in [0.4, 0.5) is 0 Å². The molecule has 0 N–H and O–H groups in total. The molecule has 2 aliphatic heterocycles. The van der Waals surface area contributed by atoms with Crippen LogP contribution in [0.25, 0.3) is 0 Å². The SMILES string of the molecule is O=C(CCCl)N1CCN(C2CCSCC2)CC1. The fourth-order valence-corrected chi connectivity index (χ4v) is 3.87. The third-order valence-corrected chi connectivity index (χ3v) is 4.92. The first-order valence-corrected chi connectivity index (χ1v) is 8.15. The molecular weight excluding hydrogens is 256 g/mol. The molecule has 3 nitrogen and oxygen atoms in total. The fraction of sp³-hybridized carbons (Fsp3) is 0.917. The summed E-state index contributed by atoms with van der Waals surface area (Å²) in [6.45, 7) is 3.87. The molecule has 0 spiro atoms. The number of rotatable bonds is 3. The Morgan fingerprint density at radius 2 is 1.82 bits per heavy atom. The van der Waals surface area contributed by atoms with Gasteiger partial charge in [-0.2, -0.15) is 11.8 Å². The molecule has 2 fully saturated rings. The summed E-state index contributed by atoms with van der Waals surface area (Å²) in [6.07, 6.45) is 3.13. The molecule has 17 heavy (non-hydrogen) atoms. The zero-order chi connectivity index (χ0) is 12.1. The Balaban J connectivity index is 1.75. The summed E-state index contributed by atoms with van der Waals surface area (Å²) in [5, 5.41) is 0. The molecule has 0 aliphatic carbocycles. The Bertz CT molecular complexity index is 251. The maximum absolute atomic E-state index is 11.7. The van der Waals surface area contributed by atoms with Gasteiger partial charge in [-0.15, -0.1) is 11.6 Å². The Morgan fingerprint density at radius 1 is 1.18 bits per heavy atom. The first kappa shape index (κ1) is 13.5. The second-order valence-corrected chi connectivity index (χ2v) is 6.30. The van der Waals surface area contributed by atoms with Gasteiger partial charge in [-0.3, -0.25) is 9.69 Å². The van der Waals surface area contributed by atoms with Gasteiger partial charge < -0.3 is 4.90 Å². The van der Waals surface area contributed by atoms with Crippen molar-refractivity contribution in [2.75, 3.05) is 43.6 Å². The van der Waals surface area contributed by atoms with Gasteiger partial charge in [0.05, 0.1) is 0 Å². The van der Waals surface area contributed by atoms with E-state index in [0.717, 1.165) is 32.2 Å². The predicted molar refractivity (Wildman–Crippen MR) is 73.8 cm³/mol. The van der Waals surface area contributed by atoms with Crippen molar-refractivity contribution in [2.24, 2.45) is 0 Å². The van der Waals surface area contributed by atoms with Gasteiger partial charge >= 0.3 is 0 Å². The van der Waals surface area contributed by atoms with E-state index < -0.39 is 0 Å². The number of carbonyl (C=O) groups is 1. The summed E-state index contributed by atoms with van der Waals surface area (Å²) in [7, 11) is 0. The number of thioether (sulfide) groups is 1. The lowest BCUT2D eigenvalue weighted by Crippen LogP contribution is -2.52. The van der Waals surface area contributed by atoms with Crippen LogP contribution in [0.5, 0.6) is 0 Å². The second kappa shape index (κ2) is 6.86. The maximum atomic E-state index is 11.7. The number of amides is 1. The van der Waals surface area contributed by atoms with E-state index in [0.29, 0.717) is 12.3 Å². The van der Waals surface area contributed by atoms with Crippen molar-refractivity contribution in [3.05, 3.63) is 0 Å². The quantitative estimate of drug-likeness (QED) is 0.733. The van der Waals surface area contributed by atoms with Gasteiger partial charge in [0.15, 0.2) is 0 Å². The molecule has 0 saturated carbocycles. The highest BCUT2D eigenvalue weighted by Crippen LogP contribution is 2.22. The molecular formula is C12H21ClN2OS. The number of hydrogen-bond acceptors (Lipinski definition) is 3. The van der Waals surface area contributed by atoms with Gasteiger partial charge in [0.25, 0.3) is 0 Å². The normalized spacial score (nSPS) is 23.9. The predicted octanol–water partition coefficient (Wildman–Crippen LogP) is 1.66. The van der Waals surface area contributed by atoms with Crippen LogP contribution in [-0.2, 0) is 4.79 Å². The van der Waals surface area contributed by atoms with Crippen molar-refractivity contribution >= 4 is 29.3 Å². The van der Waals surface area contributed by atoms with Crippen molar-refractivity contribution in [3.8, 4) is 0 Å². The highest BCUT2D eigenvalue weighted by atomic mass is 35.5. The van der Waals surface area contributed by atoms with Crippen LogP contribution in [0.2, 0.25) is 0 Å². The first-order chi connectivity index (χ1) is 8.31. The standard InChI is InChI=1S/C12H21ClN2OS/c13-4-1-12(16)15-7-5-14(6-8-15)11-2-9-17-10-3-11/h11H,1-10H2. The molecule has 0 aromatic carbocycles. The molecule has 0 aromatic heterocycles. The van der Waals surface area contributed by atoms with E-state index in [-0.39, 0.29) is 5.91 Å². The number of halogens is 1. The molecule has 2 saturated heterocycles. The van der Waals surface area contributed by atoms with Crippen molar-refractivity contribution in [2.45, 2.75) is 25.3 Å². The van der Waals surface area contributed by atoms with Gasteiger partial charge in [-0.25, -0.2) is 0 Å². The Morgan fingerprint density at radius 3 is 2.41 bits per heavy atom. The van der Waals surface area contributed by atoms with Crippen LogP contribution >= 0.6 is 23.4 Å². The molecule has 2 aliphatic rings. The lowest BCUT2D eigenvalue weighted by atomic mass is 10.1. The molecule has 5 heteroatoms. The van der Waals surface area contributed by atoms with Crippen molar-refractivity contribution < 1.29 is 4.79 Å². The van der Waals surface area contributed by atoms with Crippen LogP contribution in [0.1, 0.15) is 19.3 Å². The van der Waals surface area contributed by atoms with Crippen LogP contribution in [0, 0.1) is 0 Å². The summed E-state index contributed by atoms with van der Waals surface area (Å²) < 4.78 is 0. The molecule has 2 heterocycles. The second-order valence-electron chi connectivity index (χ2n) is 4.70. The van der Waals surface area contributed by atoms with Crippen molar-refractivity contribution in [1.29, 1.82) is 0 Å². The van der Waals surface area contributed by atoms with Crippen LogP contribution in [0.3, 0.4) is 0 Å². The molecule has 0 atom stereocenters. The van der Waals surface area contributed by atoms with E-state index in [1.807, 2.05) is 4.90 Å². The number of alkyl halides is 1. The minimum atomic E-state index is 0.221. The topological polar surface area (TPSA) is 23.6 Å². The summed E-state index contributed by atoms with van der Waals surface area (Å²) in [4.78, 5) is 16.2. The average Bonchev–Trinajstić information content (AvgIpc) is 2.40. The zero-order valence-electron chi connectivity index (χ0n) is 10.2. The number of nitrogens with zero attached hydrogens (tertiary/aromatic N) is 2. The highest BCUT2D eigenvalue weighted by Gasteiger charge is 2.26. The smallest absolute Gasteiger partial charge is 0.223 e. The van der Waals surface area contributed by atoms with E-state index in [2.05, 4.69) is 16.7 Å². The van der Waals surface area contributed by atoms with Crippen molar-refractivity contribution in [3.63, 3.8) is 0 Å². The van der Waals surface area contributed by atoms with E-state index in [4.69, 9.17) is 11.6 Å². The number of hydrogen-bond donors (Lipinski definition) is 0. The van der Waals surface area contributed by atoms with E-state index in [1.165, 1.54) is 24.3 Å². The summed E-state index contributed by atoms with van der Waals surface area (Å²) in [6, 6.07) is 0.765. The molecule has 0 radical (unpaired) electrons. The molecule has 0 aromatic rings. The number of carbonyl (C=O) groups excluding carboxylic acids is 1. The summed E-state index contributed by atoms with van der Waals surface area (Å²) in [5.74, 6) is 3.27. The monoisotopic (exact) mass is 276 g/mol. The van der Waals surface area contributed by atoms with E-state index >= 15 is 0 Å². The largest absolute Gasteiger partial charge is 0.340 e. The van der Waals surface area contributed by atoms with Gasteiger partial charge in [-0.05, 0) is 24.3 Å². The van der Waals surface area contributed by atoms with Crippen LogP contribution in [0.15, 0.2) is 0 Å². The average molecular weight is 277 g/mol. The third kappa shape index (κ3) is 3.76. The molecule has 0 unspecified atom stereocenters. The first-order valence-electron chi connectivity index (χ1n) is 6.47. The van der Waals surface area contributed by atoms with Gasteiger partial charge in [-0.1, -0.05) is 0 Å². The third-order valence-electron chi connectivity index (χ3n) is 3.68. The zero-order valence-corrected chi connectivity index (χ0v) is 11.8. The van der Waals surface area contributed by atoms with Crippen molar-refractivity contribution in [1.82, 2.24) is 9.80 Å². The molecule has 98 valence electrons. The Kier molecular flexibility index (Phi) is 5.45. The van der Waals surface area contributed by atoms with Gasteiger partial charge in [0, 0.05) is 44.5 Å². The lowest BCUT2D eigenvalue weighted by molar-refractivity contribution is -0.132. The summed E-state index contributed by atoms with van der Waals surface area (Å²) in [5.41, 5.74) is 0. The molecule has 2 rings (SSSR count). The number of piperazine rings is 1. The minimum Gasteiger partial charge on any atom is -0.340 e. The van der Waals surface area contributed by atoms with Gasteiger partial charge in [0.2, 0.25) is 5.91 Å². The fourth-order valence-electron chi connectivity index (χ4n) is 2.63. The van der Waals surface area contributed by atoms with Gasteiger partial charge in [0.1, 0.15) is 0 Å². The summed E-state index contributed by atoms with van der Waals surface area (Å²) >= 11 is 7.67. The molecule has 1 amide bonds. The van der Waals surface area contributed by atoms with Crippen LogP contribution in [-0.4, -0.2) is 65.3 Å².